The lowest BCUT2D eigenvalue weighted by atomic mass is 10.2. The number of aromatic carboxylic acids is 1. The SMILES string of the molecule is CC(C)(C)OO.CCCCCOOCCCCC.O=C(O)c1ccccc1. The van der Waals surface area contributed by atoms with Crippen LogP contribution in [0.1, 0.15) is 83.5 Å². The van der Waals surface area contributed by atoms with Gasteiger partial charge in [-0.1, -0.05) is 57.7 Å². The Kier molecular flexibility index (Phi) is 19.8. The number of unbranched alkanes of at least 4 members (excludes halogenated alkanes) is 4. The third-order valence-corrected chi connectivity index (χ3v) is 3.04. The summed E-state index contributed by atoms with van der Waals surface area (Å²) in [4.78, 5) is 24.1. The number of rotatable bonds is 10. The van der Waals surface area contributed by atoms with Gasteiger partial charge in [-0.15, -0.1) is 0 Å². The lowest BCUT2D eigenvalue weighted by Gasteiger charge is -2.10. The van der Waals surface area contributed by atoms with E-state index in [0.29, 0.717) is 5.56 Å². The summed E-state index contributed by atoms with van der Waals surface area (Å²) in [5.74, 6) is -0.879. The standard InChI is InChI=1S/C10H22O2.C7H6O2.C4H10O2/c1-3-5-7-9-11-12-10-8-6-4-2;8-7(9)6-4-2-1-3-5-6;1-4(2,3)6-5/h3-10H2,1-2H3;1-5H,(H,8,9);5H,1-3H3. The molecule has 0 unspecified atom stereocenters. The van der Waals surface area contributed by atoms with Gasteiger partial charge in [0.05, 0.1) is 24.4 Å². The Hall–Kier alpha value is -1.47. The molecular formula is C21H38O6. The molecule has 0 fully saturated rings. The molecule has 0 aliphatic heterocycles. The molecule has 0 amide bonds. The van der Waals surface area contributed by atoms with Crippen LogP contribution in [0, 0.1) is 0 Å². The van der Waals surface area contributed by atoms with Crippen LogP contribution >= 0.6 is 0 Å². The van der Waals surface area contributed by atoms with Crippen LogP contribution in [0.5, 0.6) is 0 Å². The van der Waals surface area contributed by atoms with E-state index in [9.17, 15) is 4.79 Å². The van der Waals surface area contributed by atoms with Gasteiger partial charge in [0.1, 0.15) is 0 Å². The van der Waals surface area contributed by atoms with Crippen molar-refractivity contribution in [3.05, 3.63) is 35.9 Å². The molecule has 6 nitrogen and oxygen atoms in total. The quantitative estimate of drug-likeness (QED) is 0.292. The molecule has 0 heterocycles. The zero-order valence-corrected chi connectivity index (χ0v) is 17.6. The minimum absolute atomic E-state index is 0.331. The number of hydrogen-bond donors (Lipinski definition) is 2. The Balaban J connectivity index is 0. The normalized spacial score (nSPS) is 10.3. The van der Waals surface area contributed by atoms with Gasteiger partial charge in [0.15, 0.2) is 0 Å². The van der Waals surface area contributed by atoms with Gasteiger partial charge >= 0.3 is 5.97 Å². The van der Waals surface area contributed by atoms with E-state index in [1.807, 2.05) is 0 Å². The molecule has 6 heteroatoms. The van der Waals surface area contributed by atoms with Crippen LogP contribution in [-0.4, -0.2) is 35.1 Å². The lowest BCUT2D eigenvalue weighted by Crippen LogP contribution is -2.15. The van der Waals surface area contributed by atoms with Crippen molar-refractivity contribution in [2.45, 2.75) is 78.7 Å². The second-order valence-electron chi connectivity index (χ2n) is 6.93. The molecule has 1 aromatic rings. The van der Waals surface area contributed by atoms with E-state index < -0.39 is 11.6 Å². The van der Waals surface area contributed by atoms with Gasteiger partial charge in [-0.2, -0.15) is 0 Å². The fourth-order valence-corrected chi connectivity index (χ4v) is 1.52. The van der Waals surface area contributed by atoms with Gasteiger partial charge in [0, 0.05) is 0 Å². The molecule has 158 valence electrons. The average Bonchev–Trinajstić information content (AvgIpc) is 2.65. The number of carboxylic acids is 1. The number of hydrogen-bond acceptors (Lipinski definition) is 5. The molecule has 27 heavy (non-hydrogen) atoms. The monoisotopic (exact) mass is 386 g/mol. The van der Waals surface area contributed by atoms with Crippen LogP contribution in [-0.2, 0) is 14.7 Å². The van der Waals surface area contributed by atoms with Crippen molar-refractivity contribution in [2.24, 2.45) is 0 Å². The van der Waals surface area contributed by atoms with Crippen LogP contribution in [0.25, 0.3) is 0 Å². The van der Waals surface area contributed by atoms with E-state index in [4.69, 9.17) is 20.1 Å². The minimum Gasteiger partial charge on any atom is -0.478 e. The predicted octanol–water partition coefficient (Wildman–Crippen LogP) is 5.97. The fourth-order valence-electron chi connectivity index (χ4n) is 1.52. The van der Waals surface area contributed by atoms with Crippen molar-refractivity contribution in [3.63, 3.8) is 0 Å². The highest BCUT2D eigenvalue weighted by atomic mass is 17.2. The Bertz CT molecular complexity index is 418. The van der Waals surface area contributed by atoms with Gasteiger partial charge in [-0.25, -0.2) is 19.5 Å². The highest BCUT2D eigenvalue weighted by Crippen LogP contribution is 2.02. The highest BCUT2D eigenvalue weighted by molar-refractivity contribution is 5.87. The molecule has 0 saturated carbocycles. The summed E-state index contributed by atoms with van der Waals surface area (Å²) in [6.07, 6.45) is 7.17. The van der Waals surface area contributed by atoms with Crippen LogP contribution < -0.4 is 0 Å². The van der Waals surface area contributed by atoms with Gasteiger partial charge < -0.3 is 5.11 Å². The maximum atomic E-state index is 10.2. The Labute approximate surface area is 164 Å². The molecule has 0 atom stereocenters. The van der Waals surface area contributed by atoms with Crippen molar-refractivity contribution >= 4 is 5.97 Å². The molecule has 0 aromatic heterocycles. The van der Waals surface area contributed by atoms with Gasteiger partial charge in [-0.05, 0) is 45.7 Å². The van der Waals surface area contributed by atoms with Crippen molar-refractivity contribution < 1.29 is 29.8 Å². The Morgan fingerprint density at radius 2 is 1.30 bits per heavy atom. The molecule has 0 aliphatic rings. The van der Waals surface area contributed by atoms with Crippen LogP contribution in [0.2, 0.25) is 0 Å². The Morgan fingerprint density at radius 3 is 1.56 bits per heavy atom. The van der Waals surface area contributed by atoms with Crippen molar-refractivity contribution in [2.75, 3.05) is 13.2 Å². The smallest absolute Gasteiger partial charge is 0.335 e. The van der Waals surface area contributed by atoms with Crippen LogP contribution in [0.15, 0.2) is 30.3 Å². The molecule has 0 saturated heterocycles. The van der Waals surface area contributed by atoms with E-state index in [1.165, 1.54) is 25.7 Å². The summed E-state index contributed by atoms with van der Waals surface area (Å²) in [6, 6.07) is 8.30. The second-order valence-corrected chi connectivity index (χ2v) is 6.93. The molecule has 1 aromatic carbocycles. The molecular weight excluding hydrogens is 348 g/mol. The molecule has 0 spiro atoms. The van der Waals surface area contributed by atoms with Crippen molar-refractivity contribution in [3.8, 4) is 0 Å². The third-order valence-electron chi connectivity index (χ3n) is 3.04. The average molecular weight is 387 g/mol. The molecule has 0 aliphatic carbocycles. The molecule has 1 rings (SSSR count). The maximum absolute atomic E-state index is 10.2. The summed E-state index contributed by atoms with van der Waals surface area (Å²) >= 11 is 0. The first-order valence-corrected chi connectivity index (χ1v) is 9.63. The first kappa shape index (κ1) is 27.7. The molecule has 0 radical (unpaired) electrons. The van der Waals surface area contributed by atoms with Gasteiger partial charge in [-0.3, -0.25) is 5.26 Å². The van der Waals surface area contributed by atoms with Crippen molar-refractivity contribution in [1.29, 1.82) is 0 Å². The predicted molar refractivity (Wildman–Crippen MR) is 108 cm³/mol. The first-order valence-electron chi connectivity index (χ1n) is 9.63. The van der Waals surface area contributed by atoms with Gasteiger partial charge in [0.25, 0.3) is 0 Å². The lowest BCUT2D eigenvalue weighted by molar-refractivity contribution is -0.306. The largest absolute Gasteiger partial charge is 0.478 e. The first-order chi connectivity index (χ1) is 12.8. The summed E-state index contributed by atoms with van der Waals surface area (Å²) in [6.45, 7) is 11.2. The summed E-state index contributed by atoms with van der Waals surface area (Å²) in [7, 11) is 0. The van der Waals surface area contributed by atoms with E-state index in [2.05, 4.69) is 18.7 Å². The number of benzene rings is 1. The van der Waals surface area contributed by atoms with Crippen LogP contribution in [0.3, 0.4) is 0 Å². The van der Waals surface area contributed by atoms with E-state index >= 15 is 0 Å². The number of carbonyl (C=O) groups is 1. The topological polar surface area (TPSA) is 85.2 Å². The third kappa shape index (κ3) is 24.5. The second kappa shape index (κ2) is 19.3. The van der Waals surface area contributed by atoms with Gasteiger partial charge in [0.2, 0.25) is 0 Å². The number of carboxylic acid groups (broad SMARTS) is 1. The zero-order valence-electron chi connectivity index (χ0n) is 17.6. The highest BCUT2D eigenvalue weighted by Gasteiger charge is 2.07. The van der Waals surface area contributed by atoms with Crippen LogP contribution in [0.4, 0.5) is 0 Å². The van der Waals surface area contributed by atoms with E-state index in [-0.39, 0.29) is 0 Å². The maximum Gasteiger partial charge on any atom is 0.335 e. The van der Waals surface area contributed by atoms with Crippen molar-refractivity contribution in [1.82, 2.24) is 0 Å². The fraction of sp³-hybridized carbons (Fsp3) is 0.667. The van der Waals surface area contributed by atoms with E-state index in [1.54, 1.807) is 51.1 Å². The zero-order chi connectivity index (χ0) is 21.0. The summed E-state index contributed by atoms with van der Waals surface area (Å²) in [5.41, 5.74) is -0.0718. The minimum atomic E-state index is -0.879. The molecule has 2 N–H and O–H groups in total. The van der Waals surface area contributed by atoms with E-state index in [0.717, 1.165) is 26.1 Å². The summed E-state index contributed by atoms with van der Waals surface area (Å²) < 4.78 is 0. The summed E-state index contributed by atoms with van der Waals surface area (Å²) in [5, 5.41) is 16.3. The Morgan fingerprint density at radius 1 is 0.889 bits per heavy atom. The molecule has 0 bridgehead atoms.